The van der Waals surface area contributed by atoms with Crippen molar-refractivity contribution in [2.24, 2.45) is 0 Å². The van der Waals surface area contributed by atoms with Crippen molar-refractivity contribution in [1.82, 2.24) is 9.13 Å². The van der Waals surface area contributed by atoms with Crippen molar-refractivity contribution in [3.63, 3.8) is 0 Å². The highest BCUT2D eigenvalue weighted by molar-refractivity contribution is 6.11. The number of hydrogen-bond donors (Lipinski definition) is 0. The zero-order valence-electron chi connectivity index (χ0n) is 39.0. The minimum Gasteiger partial charge on any atom is -0.309 e. The summed E-state index contributed by atoms with van der Waals surface area (Å²) in [7, 11) is 0. The molecule has 0 saturated heterocycles. The summed E-state index contributed by atoms with van der Waals surface area (Å²) < 4.78 is 4.71. The molecule has 0 radical (unpaired) electrons. The van der Waals surface area contributed by atoms with Gasteiger partial charge in [-0.1, -0.05) is 164 Å². The van der Waals surface area contributed by atoms with Crippen molar-refractivity contribution in [1.29, 1.82) is 10.5 Å². The Kier molecular flexibility index (Phi) is 11.2. The van der Waals surface area contributed by atoms with Gasteiger partial charge in [-0.15, -0.1) is 0 Å². The molecule has 2 aromatic heterocycles. The number of fused-ring (bicyclic) bond motifs is 6. The molecule has 1 atom stereocenters. The number of nitrogens with zero attached hydrogens (tertiary/aromatic N) is 4. The molecule has 0 bridgehead atoms. The van der Waals surface area contributed by atoms with Crippen LogP contribution in [0.25, 0.3) is 77.8 Å². The standard InChI is InChI=1S/C67H46N4/c68-44-49-21-19-46(20-22-49)39-56(54-35-37-66-62(42-54)59-15-7-9-17-64(59)70(66)57-11-3-1-4-12-57)40-47-23-29-51(30-24-47)52-31-25-48(26-32-52)41-61(53-33-27-50(45-69)28-34-53)55-36-38-67-63(43-55)60-16-8-10-18-65(60)71(67)58-13-5-2-6-14-58/h1-39,42-43,61H,40-41H2/b56-39-. The van der Waals surface area contributed by atoms with Gasteiger partial charge in [-0.25, -0.2) is 0 Å². The van der Waals surface area contributed by atoms with Gasteiger partial charge in [-0.3, -0.25) is 0 Å². The van der Waals surface area contributed by atoms with Crippen LogP contribution in [0.1, 0.15) is 50.4 Å². The van der Waals surface area contributed by atoms with Gasteiger partial charge in [0, 0.05) is 38.8 Å². The fourth-order valence-corrected chi connectivity index (χ4v) is 10.5. The maximum atomic E-state index is 9.65. The Labute approximate surface area is 413 Å². The molecule has 0 spiro atoms. The predicted molar refractivity (Wildman–Crippen MR) is 293 cm³/mol. The van der Waals surface area contributed by atoms with Crippen LogP contribution in [0.2, 0.25) is 0 Å². The Morgan fingerprint density at radius 3 is 1.44 bits per heavy atom. The summed E-state index contributed by atoms with van der Waals surface area (Å²) in [4.78, 5) is 0. The van der Waals surface area contributed by atoms with E-state index in [0.29, 0.717) is 11.1 Å². The van der Waals surface area contributed by atoms with E-state index >= 15 is 0 Å². The lowest BCUT2D eigenvalue weighted by atomic mass is 9.84. The monoisotopic (exact) mass is 906 g/mol. The Hall–Kier alpha value is -9.48. The molecule has 0 amide bonds. The van der Waals surface area contributed by atoms with Crippen molar-refractivity contribution < 1.29 is 0 Å². The summed E-state index contributed by atoms with van der Waals surface area (Å²) in [6.07, 6.45) is 3.80. The topological polar surface area (TPSA) is 57.4 Å². The van der Waals surface area contributed by atoms with E-state index in [1.807, 2.05) is 36.4 Å². The highest BCUT2D eigenvalue weighted by atomic mass is 15.0. The van der Waals surface area contributed by atoms with Crippen LogP contribution in [0.3, 0.4) is 0 Å². The van der Waals surface area contributed by atoms with E-state index in [2.05, 4.69) is 234 Å². The van der Waals surface area contributed by atoms with Crippen molar-refractivity contribution in [2.75, 3.05) is 0 Å². The summed E-state index contributed by atoms with van der Waals surface area (Å²) in [6, 6.07) is 90.8. The molecule has 1 unspecified atom stereocenters. The van der Waals surface area contributed by atoms with Crippen molar-refractivity contribution in [2.45, 2.75) is 18.8 Å². The zero-order chi connectivity index (χ0) is 47.7. The van der Waals surface area contributed by atoms with Gasteiger partial charge < -0.3 is 9.13 Å². The first kappa shape index (κ1) is 42.8. The average Bonchev–Trinajstić information content (AvgIpc) is 3.95. The van der Waals surface area contributed by atoms with Crippen molar-refractivity contribution in [3.05, 3.63) is 287 Å². The van der Waals surface area contributed by atoms with Gasteiger partial charge in [0.2, 0.25) is 0 Å². The number of hydrogen-bond acceptors (Lipinski definition) is 2. The van der Waals surface area contributed by atoms with Gasteiger partial charge in [0.25, 0.3) is 0 Å². The Morgan fingerprint density at radius 2 is 0.873 bits per heavy atom. The molecule has 4 heteroatoms. The van der Waals surface area contributed by atoms with E-state index in [4.69, 9.17) is 0 Å². The van der Waals surface area contributed by atoms with Crippen LogP contribution in [0.15, 0.2) is 243 Å². The van der Waals surface area contributed by atoms with Crippen molar-refractivity contribution in [3.8, 4) is 34.6 Å². The van der Waals surface area contributed by atoms with Crippen LogP contribution in [0.4, 0.5) is 0 Å². The molecular weight excluding hydrogens is 861 g/mol. The molecule has 10 aromatic carbocycles. The lowest BCUT2D eigenvalue weighted by molar-refractivity contribution is 0.806. The number of benzene rings is 10. The predicted octanol–water partition coefficient (Wildman–Crippen LogP) is 16.4. The van der Waals surface area contributed by atoms with E-state index in [-0.39, 0.29) is 5.92 Å². The number of aromatic nitrogens is 2. The van der Waals surface area contributed by atoms with Gasteiger partial charge in [0.15, 0.2) is 0 Å². The Bertz CT molecular complexity index is 4010. The molecule has 0 saturated carbocycles. The largest absolute Gasteiger partial charge is 0.309 e. The summed E-state index contributed by atoms with van der Waals surface area (Å²) in [6.45, 7) is 0. The summed E-state index contributed by atoms with van der Waals surface area (Å²) in [5.41, 5.74) is 18.9. The molecule has 4 nitrogen and oxygen atoms in total. The molecule has 0 aliphatic rings. The first-order valence-corrected chi connectivity index (χ1v) is 24.2. The molecule has 0 fully saturated rings. The quantitative estimate of drug-likeness (QED) is 0.121. The lowest BCUT2D eigenvalue weighted by Gasteiger charge is -2.19. The van der Waals surface area contributed by atoms with Gasteiger partial charge >= 0.3 is 0 Å². The highest BCUT2D eigenvalue weighted by Gasteiger charge is 2.20. The van der Waals surface area contributed by atoms with E-state index in [1.165, 1.54) is 77.0 Å². The molecule has 12 rings (SSSR count). The first-order chi connectivity index (χ1) is 35.1. The van der Waals surface area contributed by atoms with Crippen LogP contribution < -0.4 is 0 Å². The van der Waals surface area contributed by atoms with E-state index in [0.717, 1.165) is 40.9 Å². The van der Waals surface area contributed by atoms with Gasteiger partial charge in [0.05, 0.1) is 45.3 Å². The SMILES string of the molecule is N#Cc1ccc(/C=C(/Cc2ccc(-c3ccc(CC(c4ccc(C#N)cc4)c4ccc5c(c4)c4ccccc4n5-c4ccccc4)cc3)cc2)c2ccc3c(c2)c2ccccc2n3-c2ccccc2)cc1. The minimum absolute atomic E-state index is 0.0749. The van der Waals surface area contributed by atoms with Crippen LogP contribution in [-0.4, -0.2) is 9.13 Å². The first-order valence-electron chi connectivity index (χ1n) is 24.2. The smallest absolute Gasteiger partial charge is 0.0991 e. The van der Waals surface area contributed by atoms with Crippen LogP contribution >= 0.6 is 0 Å². The molecule has 12 aromatic rings. The fraction of sp³-hybridized carbons (Fsp3) is 0.0448. The number of rotatable bonds is 11. The van der Waals surface area contributed by atoms with E-state index in [9.17, 15) is 10.5 Å². The second-order valence-corrected chi connectivity index (χ2v) is 18.3. The molecular formula is C67H46N4. The molecule has 334 valence electrons. The lowest BCUT2D eigenvalue weighted by Crippen LogP contribution is -2.05. The van der Waals surface area contributed by atoms with Crippen LogP contribution in [0, 0.1) is 22.7 Å². The van der Waals surface area contributed by atoms with E-state index < -0.39 is 0 Å². The Morgan fingerprint density at radius 1 is 0.408 bits per heavy atom. The second-order valence-electron chi connectivity index (χ2n) is 18.3. The maximum absolute atomic E-state index is 9.65. The average molecular weight is 907 g/mol. The molecule has 2 heterocycles. The number of nitriles is 2. The van der Waals surface area contributed by atoms with Crippen LogP contribution in [-0.2, 0) is 12.8 Å². The second kappa shape index (κ2) is 18.5. The number of allylic oxidation sites excluding steroid dienone is 1. The van der Waals surface area contributed by atoms with Gasteiger partial charge in [-0.2, -0.15) is 10.5 Å². The maximum Gasteiger partial charge on any atom is 0.0991 e. The zero-order valence-corrected chi connectivity index (χ0v) is 39.0. The summed E-state index contributed by atoms with van der Waals surface area (Å²) >= 11 is 0. The fourth-order valence-electron chi connectivity index (χ4n) is 10.5. The third kappa shape index (κ3) is 8.25. The molecule has 0 aliphatic carbocycles. The third-order valence-corrected chi connectivity index (χ3v) is 14.1. The summed E-state index contributed by atoms with van der Waals surface area (Å²) in [5.74, 6) is 0.0749. The highest BCUT2D eigenvalue weighted by Crippen LogP contribution is 2.38. The van der Waals surface area contributed by atoms with Crippen LogP contribution in [0.5, 0.6) is 0 Å². The normalized spacial score (nSPS) is 12.1. The molecule has 71 heavy (non-hydrogen) atoms. The minimum atomic E-state index is 0.0749. The van der Waals surface area contributed by atoms with Gasteiger partial charge in [0.1, 0.15) is 0 Å². The van der Waals surface area contributed by atoms with Gasteiger partial charge in [-0.05, 0) is 148 Å². The summed E-state index contributed by atoms with van der Waals surface area (Å²) in [5, 5.41) is 24.1. The van der Waals surface area contributed by atoms with E-state index in [1.54, 1.807) is 0 Å². The molecule has 0 N–H and O–H groups in total. The number of para-hydroxylation sites is 4. The Balaban J connectivity index is 0.845. The van der Waals surface area contributed by atoms with Crippen molar-refractivity contribution >= 4 is 55.3 Å². The third-order valence-electron chi connectivity index (χ3n) is 14.1. The molecule has 0 aliphatic heterocycles.